The summed E-state index contributed by atoms with van der Waals surface area (Å²) < 4.78 is 12.8. The second-order valence-corrected chi connectivity index (χ2v) is 6.19. The van der Waals surface area contributed by atoms with Crippen LogP contribution in [-0.4, -0.2) is 28.8 Å². The van der Waals surface area contributed by atoms with E-state index in [4.69, 9.17) is 5.11 Å². The van der Waals surface area contributed by atoms with Crippen molar-refractivity contribution in [3.63, 3.8) is 0 Å². The number of hydrogen-bond acceptors (Lipinski definition) is 3. The zero-order valence-electron chi connectivity index (χ0n) is 12.7. The number of carbonyl (C=O) groups is 2. The van der Waals surface area contributed by atoms with E-state index in [-0.39, 0.29) is 24.2 Å². The van der Waals surface area contributed by atoms with Crippen LogP contribution in [0.5, 0.6) is 0 Å². The predicted octanol–water partition coefficient (Wildman–Crippen LogP) is 3.21. The number of hydrogen-bond donors (Lipinski definition) is 2. The van der Waals surface area contributed by atoms with Crippen LogP contribution in [0.25, 0.3) is 0 Å². The molecule has 0 aliphatic heterocycles. The fourth-order valence-corrected chi connectivity index (χ4v) is 2.92. The summed E-state index contributed by atoms with van der Waals surface area (Å²) in [5, 5.41) is 11.6. The Hall–Kier alpha value is -1.56. The van der Waals surface area contributed by atoms with Gasteiger partial charge in [-0.1, -0.05) is 25.5 Å². The average molecular weight is 327 g/mol. The Morgan fingerprint density at radius 3 is 2.59 bits per heavy atom. The van der Waals surface area contributed by atoms with E-state index in [1.54, 1.807) is 23.9 Å². The molecule has 2 N–H and O–H groups in total. The van der Waals surface area contributed by atoms with Crippen LogP contribution in [0.15, 0.2) is 24.3 Å². The van der Waals surface area contributed by atoms with Crippen LogP contribution in [0, 0.1) is 5.82 Å². The lowest BCUT2D eigenvalue weighted by Gasteiger charge is -2.15. The molecule has 0 aliphatic rings. The highest BCUT2D eigenvalue weighted by Gasteiger charge is 2.14. The standard InChI is InChI=1S/C16H22FNO3S/c1-2-3-14(10-16(20)21)18-15(19)8-9-22-11-12-4-6-13(17)7-5-12/h4-7,14H,2-3,8-11H2,1H3,(H,18,19)(H,20,21). The molecule has 0 bridgehead atoms. The lowest BCUT2D eigenvalue weighted by Crippen LogP contribution is -2.36. The second kappa shape index (κ2) is 10.2. The van der Waals surface area contributed by atoms with Gasteiger partial charge < -0.3 is 10.4 Å². The van der Waals surface area contributed by atoms with Crippen LogP contribution >= 0.6 is 11.8 Å². The quantitative estimate of drug-likeness (QED) is 0.648. The van der Waals surface area contributed by atoms with Gasteiger partial charge in [0.05, 0.1) is 6.42 Å². The normalized spacial score (nSPS) is 11.9. The lowest BCUT2D eigenvalue weighted by molar-refractivity contribution is -0.137. The van der Waals surface area contributed by atoms with Gasteiger partial charge in [-0.25, -0.2) is 4.39 Å². The van der Waals surface area contributed by atoms with Gasteiger partial charge in [-0.15, -0.1) is 0 Å². The van der Waals surface area contributed by atoms with Gasteiger partial charge in [0.15, 0.2) is 0 Å². The van der Waals surface area contributed by atoms with Crippen molar-refractivity contribution >= 4 is 23.6 Å². The molecular weight excluding hydrogens is 305 g/mol. The number of carbonyl (C=O) groups excluding carboxylic acids is 1. The Bertz CT molecular complexity index is 479. The van der Waals surface area contributed by atoms with E-state index in [2.05, 4.69) is 5.32 Å². The average Bonchev–Trinajstić information content (AvgIpc) is 2.45. The van der Waals surface area contributed by atoms with Crippen molar-refractivity contribution in [2.45, 2.75) is 44.4 Å². The van der Waals surface area contributed by atoms with E-state index in [9.17, 15) is 14.0 Å². The number of nitrogens with one attached hydrogen (secondary N) is 1. The maximum atomic E-state index is 12.8. The molecule has 0 saturated carbocycles. The molecule has 0 fully saturated rings. The summed E-state index contributed by atoms with van der Waals surface area (Å²) in [5.74, 6) is 0.0974. The van der Waals surface area contributed by atoms with Gasteiger partial charge in [0.1, 0.15) is 5.82 Å². The second-order valence-electron chi connectivity index (χ2n) is 5.08. The number of carboxylic acids is 1. The van der Waals surface area contributed by atoms with E-state index in [0.717, 1.165) is 17.7 Å². The number of halogens is 1. The summed E-state index contributed by atoms with van der Waals surface area (Å²) in [6.45, 7) is 1.96. The Kier molecular flexibility index (Phi) is 8.58. The molecule has 1 amide bonds. The summed E-state index contributed by atoms with van der Waals surface area (Å²) >= 11 is 1.60. The highest BCUT2D eigenvalue weighted by Crippen LogP contribution is 2.13. The highest BCUT2D eigenvalue weighted by molar-refractivity contribution is 7.98. The first kappa shape index (κ1) is 18.5. The first-order valence-corrected chi connectivity index (χ1v) is 8.50. The van der Waals surface area contributed by atoms with Crippen LogP contribution < -0.4 is 5.32 Å². The third kappa shape index (κ3) is 8.02. The van der Waals surface area contributed by atoms with E-state index >= 15 is 0 Å². The number of benzene rings is 1. The maximum absolute atomic E-state index is 12.8. The molecule has 122 valence electrons. The van der Waals surface area contributed by atoms with Crippen LogP contribution in [0.3, 0.4) is 0 Å². The van der Waals surface area contributed by atoms with Gasteiger partial charge in [0, 0.05) is 24.0 Å². The molecule has 6 heteroatoms. The molecule has 0 saturated heterocycles. The van der Waals surface area contributed by atoms with Gasteiger partial charge >= 0.3 is 5.97 Å². The van der Waals surface area contributed by atoms with Gasteiger partial charge in [-0.2, -0.15) is 11.8 Å². The van der Waals surface area contributed by atoms with Gasteiger partial charge in [-0.05, 0) is 24.1 Å². The summed E-state index contributed by atoms with van der Waals surface area (Å²) in [5.41, 5.74) is 1.02. The molecule has 1 unspecified atom stereocenters. The molecule has 0 aliphatic carbocycles. The smallest absolute Gasteiger partial charge is 0.305 e. The minimum absolute atomic E-state index is 0.0394. The summed E-state index contributed by atoms with van der Waals surface area (Å²) in [6.07, 6.45) is 1.81. The Morgan fingerprint density at radius 1 is 1.32 bits per heavy atom. The van der Waals surface area contributed by atoms with Crippen LogP contribution in [0.2, 0.25) is 0 Å². The van der Waals surface area contributed by atoms with E-state index in [1.165, 1.54) is 12.1 Å². The zero-order chi connectivity index (χ0) is 16.4. The Labute approximate surface area is 134 Å². The molecule has 0 aromatic heterocycles. The van der Waals surface area contributed by atoms with E-state index in [0.29, 0.717) is 18.6 Å². The summed E-state index contributed by atoms with van der Waals surface area (Å²) in [6, 6.07) is 6.00. The van der Waals surface area contributed by atoms with Crippen molar-refractivity contribution in [1.29, 1.82) is 0 Å². The van der Waals surface area contributed by atoms with Crippen molar-refractivity contribution in [2.24, 2.45) is 0 Å². The molecule has 1 aromatic rings. The SMILES string of the molecule is CCCC(CC(=O)O)NC(=O)CCSCc1ccc(F)cc1. The fourth-order valence-electron chi connectivity index (χ4n) is 2.02. The third-order valence-electron chi connectivity index (χ3n) is 3.08. The van der Waals surface area contributed by atoms with Gasteiger partial charge in [-0.3, -0.25) is 9.59 Å². The highest BCUT2D eigenvalue weighted by atomic mass is 32.2. The van der Waals surface area contributed by atoms with Gasteiger partial charge in [0.25, 0.3) is 0 Å². The molecular formula is C16H22FNO3S. The number of rotatable bonds is 10. The predicted molar refractivity (Wildman–Crippen MR) is 86.3 cm³/mol. The van der Waals surface area contributed by atoms with Crippen molar-refractivity contribution in [3.05, 3.63) is 35.6 Å². The topological polar surface area (TPSA) is 66.4 Å². The molecule has 22 heavy (non-hydrogen) atoms. The molecule has 0 heterocycles. The largest absolute Gasteiger partial charge is 0.481 e. The monoisotopic (exact) mass is 327 g/mol. The minimum atomic E-state index is -0.899. The van der Waals surface area contributed by atoms with Crippen LogP contribution in [-0.2, 0) is 15.3 Å². The van der Waals surface area contributed by atoms with Crippen molar-refractivity contribution in [3.8, 4) is 0 Å². The maximum Gasteiger partial charge on any atom is 0.305 e. The first-order chi connectivity index (χ1) is 10.5. The third-order valence-corrected chi connectivity index (χ3v) is 4.11. The lowest BCUT2D eigenvalue weighted by atomic mass is 10.1. The molecule has 0 spiro atoms. The summed E-state index contributed by atoms with van der Waals surface area (Å²) in [4.78, 5) is 22.5. The summed E-state index contributed by atoms with van der Waals surface area (Å²) in [7, 11) is 0. The van der Waals surface area contributed by atoms with E-state index in [1.807, 2.05) is 6.92 Å². The van der Waals surface area contributed by atoms with Crippen LogP contribution in [0.4, 0.5) is 4.39 Å². The Morgan fingerprint density at radius 2 is 2.00 bits per heavy atom. The molecule has 0 radical (unpaired) electrons. The zero-order valence-corrected chi connectivity index (χ0v) is 13.5. The van der Waals surface area contributed by atoms with Crippen LogP contribution in [0.1, 0.15) is 38.2 Å². The number of thioether (sulfide) groups is 1. The minimum Gasteiger partial charge on any atom is -0.481 e. The Balaban J connectivity index is 2.24. The molecule has 1 aromatic carbocycles. The van der Waals surface area contributed by atoms with Gasteiger partial charge in [0.2, 0.25) is 5.91 Å². The molecule has 1 atom stereocenters. The van der Waals surface area contributed by atoms with Crippen molar-refractivity contribution in [1.82, 2.24) is 5.32 Å². The number of carboxylic acid groups (broad SMARTS) is 1. The van der Waals surface area contributed by atoms with E-state index < -0.39 is 5.97 Å². The fraction of sp³-hybridized carbons (Fsp3) is 0.500. The van der Waals surface area contributed by atoms with Crippen molar-refractivity contribution in [2.75, 3.05) is 5.75 Å². The number of amides is 1. The molecule has 1 rings (SSSR count). The first-order valence-electron chi connectivity index (χ1n) is 7.34. The van der Waals surface area contributed by atoms with Crippen molar-refractivity contribution < 1.29 is 19.1 Å². The number of aliphatic carboxylic acids is 1. The molecule has 4 nitrogen and oxygen atoms in total.